The molecule has 92 valence electrons. The van der Waals surface area contributed by atoms with Crippen LogP contribution < -0.4 is 0 Å². The summed E-state index contributed by atoms with van der Waals surface area (Å²) in [6.07, 6.45) is 3.84. The highest BCUT2D eigenvalue weighted by molar-refractivity contribution is 5.52. The zero-order chi connectivity index (χ0) is 12.1. The maximum atomic E-state index is 10.9. The third-order valence-corrected chi connectivity index (χ3v) is 3.69. The third-order valence-electron chi connectivity index (χ3n) is 3.69. The Morgan fingerprint density at radius 1 is 1.29 bits per heavy atom. The van der Waals surface area contributed by atoms with Gasteiger partial charge in [0.2, 0.25) is 0 Å². The first-order chi connectivity index (χ1) is 8.31. The summed E-state index contributed by atoms with van der Waals surface area (Å²) < 4.78 is 5.39. The molecule has 0 radical (unpaired) electrons. The van der Waals surface area contributed by atoms with Crippen molar-refractivity contribution in [2.24, 2.45) is 5.92 Å². The summed E-state index contributed by atoms with van der Waals surface area (Å²) in [5, 5.41) is 0. The molecule has 2 heteroatoms. The van der Waals surface area contributed by atoms with Crippen LogP contribution in [0.5, 0.6) is 0 Å². The number of hydrogen-bond acceptors (Lipinski definition) is 2. The number of aldehydes is 1. The fourth-order valence-corrected chi connectivity index (χ4v) is 2.64. The van der Waals surface area contributed by atoms with Crippen molar-refractivity contribution in [2.45, 2.75) is 32.1 Å². The van der Waals surface area contributed by atoms with E-state index in [1.54, 1.807) is 0 Å². The Morgan fingerprint density at radius 2 is 1.94 bits per heavy atom. The molecule has 1 aliphatic heterocycles. The minimum atomic E-state index is 0.372. The predicted octanol–water partition coefficient (Wildman–Crippen LogP) is 3.09. The molecule has 1 fully saturated rings. The lowest BCUT2D eigenvalue weighted by Crippen LogP contribution is -2.22. The topological polar surface area (TPSA) is 26.3 Å². The van der Waals surface area contributed by atoms with Crippen LogP contribution >= 0.6 is 0 Å². The molecular weight excluding hydrogens is 212 g/mol. The smallest absolute Gasteiger partial charge is 0.120 e. The summed E-state index contributed by atoms with van der Waals surface area (Å²) in [6, 6.07) is 8.59. The van der Waals surface area contributed by atoms with E-state index in [0.29, 0.717) is 18.3 Å². The van der Waals surface area contributed by atoms with Crippen molar-refractivity contribution in [1.29, 1.82) is 0 Å². The summed E-state index contributed by atoms with van der Waals surface area (Å²) in [7, 11) is 0. The maximum absolute atomic E-state index is 10.9. The molecule has 1 saturated heterocycles. The van der Waals surface area contributed by atoms with Gasteiger partial charge in [0.05, 0.1) is 0 Å². The average Bonchev–Trinajstić information content (AvgIpc) is 2.38. The second kappa shape index (κ2) is 5.97. The lowest BCUT2D eigenvalue weighted by atomic mass is 9.79. The molecule has 0 aromatic heterocycles. The zero-order valence-corrected chi connectivity index (χ0v) is 10.4. The maximum Gasteiger partial charge on any atom is 0.120 e. The molecule has 0 N–H and O–H groups in total. The number of carbonyl (C=O) groups excluding carboxylic acids is 1. The largest absolute Gasteiger partial charge is 0.381 e. The van der Waals surface area contributed by atoms with Crippen LogP contribution in [0.2, 0.25) is 0 Å². The van der Waals surface area contributed by atoms with E-state index >= 15 is 0 Å². The molecular formula is C15H20O2. The molecule has 0 spiro atoms. The van der Waals surface area contributed by atoms with Gasteiger partial charge >= 0.3 is 0 Å². The Kier molecular flexibility index (Phi) is 4.32. The minimum Gasteiger partial charge on any atom is -0.381 e. The zero-order valence-electron chi connectivity index (χ0n) is 10.4. The molecule has 1 aromatic rings. The highest BCUT2D eigenvalue weighted by Crippen LogP contribution is 2.34. The van der Waals surface area contributed by atoms with Gasteiger partial charge < -0.3 is 9.53 Å². The highest BCUT2D eigenvalue weighted by Gasteiger charge is 2.24. The Hall–Kier alpha value is -1.15. The van der Waals surface area contributed by atoms with Crippen molar-refractivity contribution in [3.05, 3.63) is 35.4 Å². The first-order valence-electron chi connectivity index (χ1n) is 6.39. The number of carbonyl (C=O) groups is 1. The van der Waals surface area contributed by atoms with E-state index in [1.807, 2.05) is 0 Å². The minimum absolute atomic E-state index is 0.372. The molecule has 2 rings (SSSR count). The summed E-state index contributed by atoms with van der Waals surface area (Å²) in [5.74, 6) is 0.966. The molecule has 1 unspecified atom stereocenters. The quantitative estimate of drug-likeness (QED) is 0.746. The number of benzene rings is 1. The van der Waals surface area contributed by atoms with Crippen molar-refractivity contribution in [1.82, 2.24) is 0 Å². The van der Waals surface area contributed by atoms with Crippen molar-refractivity contribution < 1.29 is 9.53 Å². The highest BCUT2D eigenvalue weighted by atomic mass is 16.5. The fourth-order valence-electron chi connectivity index (χ4n) is 2.64. The van der Waals surface area contributed by atoms with Crippen LogP contribution in [-0.4, -0.2) is 19.5 Å². The van der Waals surface area contributed by atoms with Crippen LogP contribution in [0.3, 0.4) is 0 Å². The standard InChI is InChI=1S/C15H20O2/c1-12-2-4-13(5-3-12)15(6-9-16)14-7-10-17-11-8-14/h2-5,9,14-15H,6-8,10-11H2,1H3. The fraction of sp³-hybridized carbons (Fsp3) is 0.533. The van der Waals surface area contributed by atoms with Crippen molar-refractivity contribution in [3.8, 4) is 0 Å². The second-order valence-corrected chi connectivity index (χ2v) is 4.87. The van der Waals surface area contributed by atoms with Gasteiger partial charge in [-0.2, -0.15) is 0 Å². The van der Waals surface area contributed by atoms with Crippen LogP contribution in [0.1, 0.15) is 36.3 Å². The Balaban J connectivity index is 2.15. The molecule has 2 nitrogen and oxygen atoms in total. The van der Waals surface area contributed by atoms with E-state index in [4.69, 9.17) is 4.74 Å². The molecule has 1 atom stereocenters. The summed E-state index contributed by atoms with van der Waals surface area (Å²) >= 11 is 0. The van der Waals surface area contributed by atoms with Gasteiger partial charge in [-0.1, -0.05) is 29.8 Å². The van der Waals surface area contributed by atoms with Crippen LogP contribution in [-0.2, 0) is 9.53 Å². The van der Waals surface area contributed by atoms with Gasteiger partial charge in [0, 0.05) is 19.6 Å². The SMILES string of the molecule is Cc1ccc(C(CC=O)C2CCOCC2)cc1. The number of ether oxygens (including phenoxy) is 1. The van der Waals surface area contributed by atoms with E-state index in [-0.39, 0.29) is 0 Å². The lowest BCUT2D eigenvalue weighted by Gasteiger charge is -2.29. The molecule has 1 aromatic carbocycles. The van der Waals surface area contributed by atoms with Gasteiger partial charge in [-0.3, -0.25) is 0 Å². The van der Waals surface area contributed by atoms with Gasteiger partial charge in [0.1, 0.15) is 6.29 Å². The monoisotopic (exact) mass is 232 g/mol. The average molecular weight is 232 g/mol. The Morgan fingerprint density at radius 3 is 2.53 bits per heavy atom. The van der Waals surface area contributed by atoms with E-state index in [0.717, 1.165) is 32.3 Å². The normalized spacial score (nSPS) is 18.9. The Bertz CT molecular complexity index is 350. The predicted molar refractivity (Wildman–Crippen MR) is 68.1 cm³/mol. The van der Waals surface area contributed by atoms with Gasteiger partial charge in [0.25, 0.3) is 0 Å². The molecule has 0 amide bonds. The number of rotatable bonds is 4. The summed E-state index contributed by atoms with van der Waals surface area (Å²) in [5.41, 5.74) is 2.57. The van der Waals surface area contributed by atoms with E-state index in [1.165, 1.54) is 11.1 Å². The van der Waals surface area contributed by atoms with E-state index in [9.17, 15) is 4.79 Å². The molecule has 0 bridgehead atoms. The van der Waals surface area contributed by atoms with Crippen molar-refractivity contribution >= 4 is 6.29 Å². The van der Waals surface area contributed by atoms with Crippen LogP contribution in [0.4, 0.5) is 0 Å². The van der Waals surface area contributed by atoms with Gasteiger partial charge in [0.15, 0.2) is 0 Å². The summed E-state index contributed by atoms with van der Waals surface area (Å²) in [6.45, 7) is 3.77. The van der Waals surface area contributed by atoms with Crippen LogP contribution in [0, 0.1) is 12.8 Å². The van der Waals surface area contributed by atoms with Gasteiger partial charge in [-0.05, 0) is 37.2 Å². The first kappa shape index (κ1) is 12.3. The van der Waals surface area contributed by atoms with Crippen LogP contribution in [0.15, 0.2) is 24.3 Å². The molecule has 1 aliphatic rings. The van der Waals surface area contributed by atoms with Crippen molar-refractivity contribution in [2.75, 3.05) is 13.2 Å². The third kappa shape index (κ3) is 3.16. The lowest BCUT2D eigenvalue weighted by molar-refractivity contribution is -0.108. The first-order valence-corrected chi connectivity index (χ1v) is 6.39. The summed E-state index contributed by atoms with van der Waals surface area (Å²) in [4.78, 5) is 10.9. The van der Waals surface area contributed by atoms with E-state index < -0.39 is 0 Å². The van der Waals surface area contributed by atoms with Gasteiger partial charge in [-0.15, -0.1) is 0 Å². The Labute approximate surface area is 103 Å². The number of aryl methyl sites for hydroxylation is 1. The van der Waals surface area contributed by atoms with Crippen LogP contribution in [0.25, 0.3) is 0 Å². The molecule has 0 saturated carbocycles. The molecule has 1 heterocycles. The number of hydrogen-bond donors (Lipinski definition) is 0. The molecule has 17 heavy (non-hydrogen) atoms. The van der Waals surface area contributed by atoms with E-state index in [2.05, 4.69) is 31.2 Å². The second-order valence-electron chi connectivity index (χ2n) is 4.87. The van der Waals surface area contributed by atoms with Gasteiger partial charge in [-0.25, -0.2) is 0 Å². The van der Waals surface area contributed by atoms with Crippen molar-refractivity contribution in [3.63, 3.8) is 0 Å². The molecule has 0 aliphatic carbocycles.